The minimum atomic E-state index is -0.483. The van der Waals surface area contributed by atoms with E-state index in [-0.39, 0.29) is 11.9 Å². The molecule has 0 saturated carbocycles. The SMILES string of the molecule is Cc1csc(C(C)NC(=O)C(C)(C)N2CCNCC2)n1. The van der Waals surface area contributed by atoms with Gasteiger partial charge < -0.3 is 10.6 Å². The highest BCUT2D eigenvalue weighted by molar-refractivity contribution is 7.09. The average molecular weight is 296 g/mol. The van der Waals surface area contributed by atoms with Gasteiger partial charge in [-0.05, 0) is 27.7 Å². The van der Waals surface area contributed by atoms with Crippen LogP contribution in [0.4, 0.5) is 0 Å². The van der Waals surface area contributed by atoms with Gasteiger partial charge in [-0.1, -0.05) is 0 Å². The van der Waals surface area contributed by atoms with Gasteiger partial charge in [-0.15, -0.1) is 11.3 Å². The maximum atomic E-state index is 12.6. The second-order valence-electron chi connectivity index (χ2n) is 5.82. The smallest absolute Gasteiger partial charge is 0.240 e. The van der Waals surface area contributed by atoms with E-state index in [4.69, 9.17) is 0 Å². The van der Waals surface area contributed by atoms with Crippen LogP contribution < -0.4 is 10.6 Å². The van der Waals surface area contributed by atoms with Gasteiger partial charge in [0.2, 0.25) is 5.91 Å². The molecule has 2 heterocycles. The fourth-order valence-corrected chi connectivity index (χ4v) is 3.18. The summed E-state index contributed by atoms with van der Waals surface area (Å²) >= 11 is 1.60. The van der Waals surface area contributed by atoms with E-state index in [1.165, 1.54) is 0 Å². The van der Waals surface area contributed by atoms with Crippen molar-refractivity contribution in [1.29, 1.82) is 0 Å². The molecule has 1 aliphatic heterocycles. The van der Waals surface area contributed by atoms with Crippen LogP contribution in [0.1, 0.15) is 37.5 Å². The monoisotopic (exact) mass is 296 g/mol. The van der Waals surface area contributed by atoms with E-state index in [1.807, 2.05) is 33.1 Å². The number of hydrogen-bond acceptors (Lipinski definition) is 5. The Balaban J connectivity index is 1.99. The zero-order valence-electron chi connectivity index (χ0n) is 12.7. The van der Waals surface area contributed by atoms with E-state index in [0.29, 0.717) is 0 Å². The standard InChI is InChI=1S/C14H24N4OS/c1-10-9-20-12(16-10)11(2)17-13(19)14(3,4)18-7-5-15-6-8-18/h9,11,15H,5-8H2,1-4H3,(H,17,19). The van der Waals surface area contributed by atoms with Crippen molar-refractivity contribution in [2.24, 2.45) is 0 Å². The Morgan fingerprint density at radius 2 is 2.15 bits per heavy atom. The second kappa shape index (κ2) is 6.20. The second-order valence-corrected chi connectivity index (χ2v) is 6.71. The summed E-state index contributed by atoms with van der Waals surface area (Å²) in [6, 6.07) is -0.0385. The third-order valence-corrected chi connectivity index (χ3v) is 4.96. The van der Waals surface area contributed by atoms with Crippen molar-refractivity contribution in [3.63, 3.8) is 0 Å². The molecule has 6 heteroatoms. The number of thiazole rings is 1. The predicted molar refractivity (Wildman–Crippen MR) is 81.9 cm³/mol. The number of carbonyl (C=O) groups excluding carboxylic acids is 1. The first-order chi connectivity index (χ1) is 9.41. The molecule has 112 valence electrons. The van der Waals surface area contributed by atoms with Gasteiger partial charge in [0.15, 0.2) is 0 Å². The molecule has 0 spiro atoms. The molecule has 0 aliphatic carbocycles. The lowest BCUT2D eigenvalue weighted by atomic mass is 10.00. The molecule has 1 saturated heterocycles. The lowest BCUT2D eigenvalue weighted by molar-refractivity contribution is -0.132. The number of rotatable bonds is 4. The Kier molecular flexibility index (Phi) is 4.78. The van der Waals surface area contributed by atoms with Gasteiger partial charge in [-0.2, -0.15) is 0 Å². The topological polar surface area (TPSA) is 57.3 Å². The van der Waals surface area contributed by atoms with Crippen LogP contribution in [0.25, 0.3) is 0 Å². The van der Waals surface area contributed by atoms with Crippen LogP contribution in [-0.2, 0) is 4.79 Å². The first-order valence-electron chi connectivity index (χ1n) is 7.10. The van der Waals surface area contributed by atoms with Crippen LogP contribution in [-0.4, -0.2) is 47.5 Å². The highest BCUT2D eigenvalue weighted by atomic mass is 32.1. The van der Waals surface area contributed by atoms with Crippen LogP contribution in [0.5, 0.6) is 0 Å². The maximum Gasteiger partial charge on any atom is 0.240 e. The van der Waals surface area contributed by atoms with Crippen molar-refractivity contribution < 1.29 is 4.79 Å². The van der Waals surface area contributed by atoms with Crippen molar-refractivity contribution in [2.45, 2.75) is 39.3 Å². The highest BCUT2D eigenvalue weighted by Crippen LogP contribution is 2.20. The zero-order chi connectivity index (χ0) is 14.8. The molecule has 1 aliphatic rings. The Morgan fingerprint density at radius 1 is 1.50 bits per heavy atom. The highest BCUT2D eigenvalue weighted by Gasteiger charge is 2.35. The van der Waals surface area contributed by atoms with E-state index in [9.17, 15) is 4.79 Å². The maximum absolute atomic E-state index is 12.6. The lowest BCUT2D eigenvalue weighted by Gasteiger charge is -2.40. The Hall–Kier alpha value is -0.980. The molecule has 1 aromatic heterocycles. The van der Waals surface area contributed by atoms with E-state index >= 15 is 0 Å². The van der Waals surface area contributed by atoms with Gasteiger partial charge in [0, 0.05) is 37.3 Å². The number of hydrogen-bond donors (Lipinski definition) is 2. The summed E-state index contributed by atoms with van der Waals surface area (Å²) in [5.74, 6) is 0.0692. The molecule has 1 aromatic rings. The summed E-state index contributed by atoms with van der Waals surface area (Å²) < 4.78 is 0. The summed E-state index contributed by atoms with van der Waals surface area (Å²) in [6.07, 6.45) is 0. The van der Waals surface area contributed by atoms with E-state index in [1.54, 1.807) is 11.3 Å². The molecule has 1 amide bonds. The lowest BCUT2D eigenvalue weighted by Crippen LogP contribution is -2.60. The van der Waals surface area contributed by atoms with E-state index in [0.717, 1.165) is 36.9 Å². The molecule has 5 nitrogen and oxygen atoms in total. The summed E-state index contributed by atoms with van der Waals surface area (Å²) in [7, 11) is 0. The molecule has 2 N–H and O–H groups in total. The number of nitrogens with zero attached hydrogens (tertiary/aromatic N) is 2. The number of carbonyl (C=O) groups is 1. The summed E-state index contributed by atoms with van der Waals surface area (Å²) in [6.45, 7) is 11.6. The number of piperazine rings is 1. The predicted octanol–water partition coefficient (Wildman–Crippen LogP) is 1.31. The minimum Gasteiger partial charge on any atom is -0.346 e. The molecule has 2 rings (SSSR count). The third-order valence-electron chi connectivity index (χ3n) is 3.82. The van der Waals surface area contributed by atoms with Crippen LogP contribution in [0, 0.1) is 6.92 Å². The average Bonchev–Trinajstić information content (AvgIpc) is 2.86. The summed E-state index contributed by atoms with van der Waals surface area (Å²) in [5, 5.41) is 9.39. The molecular weight excluding hydrogens is 272 g/mol. The zero-order valence-corrected chi connectivity index (χ0v) is 13.5. The molecule has 0 bridgehead atoms. The molecule has 0 radical (unpaired) electrons. The van der Waals surface area contributed by atoms with Crippen molar-refractivity contribution in [2.75, 3.05) is 26.2 Å². The molecule has 1 unspecified atom stereocenters. The number of aromatic nitrogens is 1. The Labute approximate surface area is 124 Å². The van der Waals surface area contributed by atoms with Gasteiger partial charge in [-0.25, -0.2) is 4.98 Å². The van der Waals surface area contributed by atoms with Crippen molar-refractivity contribution in [3.8, 4) is 0 Å². The minimum absolute atomic E-state index is 0.0385. The van der Waals surface area contributed by atoms with E-state index in [2.05, 4.69) is 20.5 Å². The third kappa shape index (κ3) is 3.37. The molecular formula is C14H24N4OS. The van der Waals surface area contributed by atoms with Crippen molar-refractivity contribution in [1.82, 2.24) is 20.5 Å². The van der Waals surface area contributed by atoms with Gasteiger partial charge in [0.05, 0.1) is 11.6 Å². The first kappa shape index (κ1) is 15.4. The molecule has 1 fully saturated rings. The fraction of sp³-hybridized carbons (Fsp3) is 0.714. The normalized spacial score (nSPS) is 18.8. The van der Waals surface area contributed by atoms with Gasteiger partial charge in [0.25, 0.3) is 0 Å². The first-order valence-corrected chi connectivity index (χ1v) is 7.98. The Morgan fingerprint density at radius 3 is 2.70 bits per heavy atom. The Bertz CT molecular complexity index is 465. The van der Waals surface area contributed by atoms with Crippen LogP contribution in [0.3, 0.4) is 0 Å². The summed E-state index contributed by atoms with van der Waals surface area (Å²) in [4.78, 5) is 19.2. The number of amides is 1. The molecule has 1 atom stereocenters. The number of aryl methyl sites for hydroxylation is 1. The van der Waals surface area contributed by atoms with Crippen molar-refractivity contribution >= 4 is 17.2 Å². The molecule has 20 heavy (non-hydrogen) atoms. The van der Waals surface area contributed by atoms with Crippen LogP contribution >= 0.6 is 11.3 Å². The largest absolute Gasteiger partial charge is 0.346 e. The van der Waals surface area contributed by atoms with Gasteiger partial charge in [-0.3, -0.25) is 9.69 Å². The van der Waals surface area contributed by atoms with Gasteiger partial charge in [0.1, 0.15) is 5.01 Å². The number of nitrogens with one attached hydrogen (secondary N) is 2. The fourth-order valence-electron chi connectivity index (χ4n) is 2.37. The summed E-state index contributed by atoms with van der Waals surface area (Å²) in [5.41, 5.74) is 0.523. The van der Waals surface area contributed by atoms with Crippen LogP contribution in [0.2, 0.25) is 0 Å². The van der Waals surface area contributed by atoms with Crippen LogP contribution in [0.15, 0.2) is 5.38 Å². The molecule has 0 aromatic carbocycles. The van der Waals surface area contributed by atoms with E-state index < -0.39 is 5.54 Å². The van der Waals surface area contributed by atoms with Crippen molar-refractivity contribution in [3.05, 3.63) is 16.1 Å². The van der Waals surface area contributed by atoms with Gasteiger partial charge >= 0.3 is 0 Å². The quantitative estimate of drug-likeness (QED) is 0.880.